The lowest BCUT2D eigenvalue weighted by Gasteiger charge is -2.13. The Morgan fingerprint density at radius 1 is 1.56 bits per heavy atom. The smallest absolute Gasteiger partial charge is 0.242 e. The number of carbonyl (C=O) groups excluding carboxylic acids is 2. The number of rotatable bonds is 6. The Labute approximate surface area is 101 Å². The third-order valence-corrected chi connectivity index (χ3v) is 3.78. The molecule has 0 spiro atoms. The lowest BCUT2D eigenvalue weighted by atomic mass is 10.3. The number of hydrogen-bond donors (Lipinski definition) is 1. The third-order valence-electron chi connectivity index (χ3n) is 2.54. The lowest BCUT2D eigenvalue weighted by Crippen LogP contribution is -2.32. The summed E-state index contributed by atoms with van der Waals surface area (Å²) in [5.74, 6) is 0.813. The molecule has 0 aromatic heterocycles. The van der Waals surface area contributed by atoms with E-state index in [9.17, 15) is 9.59 Å². The molecule has 0 aromatic carbocycles. The predicted octanol–water partition coefficient (Wildman–Crippen LogP) is 0.994. The van der Waals surface area contributed by atoms with E-state index < -0.39 is 0 Å². The van der Waals surface area contributed by atoms with Gasteiger partial charge in [-0.25, -0.2) is 0 Å². The first kappa shape index (κ1) is 13.5. The van der Waals surface area contributed by atoms with Gasteiger partial charge in [-0.05, 0) is 25.5 Å². The van der Waals surface area contributed by atoms with E-state index >= 15 is 0 Å². The summed E-state index contributed by atoms with van der Waals surface area (Å²) in [6.07, 6.45) is 2.08. The molecule has 0 radical (unpaired) electrons. The molecular weight excluding hydrogens is 224 g/mol. The predicted molar refractivity (Wildman–Crippen MR) is 66.1 cm³/mol. The fourth-order valence-electron chi connectivity index (χ4n) is 1.64. The van der Waals surface area contributed by atoms with Crippen LogP contribution >= 0.6 is 11.8 Å². The first-order valence-electron chi connectivity index (χ1n) is 5.77. The zero-order chi connectivity index (χ0) is 12.1. The van der Waals surface area contributed by atoms with Gasteiger partial charge in [-0.2, -0.15) is 0 Å². The molecule has 2 amide bonds. The van der Waals surface area contributed by atoms with Crippen LogP contribution in [0.4, 0.5) is 0 Å². The summed E-state index contributed by atoms with van der Waals surface area (Å²) >= 11 is 1.56. The Hall–Kier alpha value is -0.550. The van der Waals surface area contributed by atoms with Gasteiger partial charge in [-0.15, -0.1) is 11.8 Å². The van der Waals surface area contributed by atoms with Crippen molar-refractivity contribution >= 4 is 23.6 Å². The maximum Gasteiger partial charge on any atom is 0.242 e. The highest BCUT2D eigenvalue weighted by Gasteiger charge is 2.37. The topological polar surface area (TPSA) is 63.4 Å². The second-order valence-electron chi connectivity index (χ2n) is 4.21. The fourth-order valence-corrected chi connectivity index (χ4v) is 2.96. The van der Waals surface area contributed by atoms with Gasteiger partial charge in [0, 0.05) is 19.0 Å². The summed E-state index contributed by atoms with van der Waals surface area (Å²) in [7, 11) is 0. The van der Waals surface area contributed by atoms with E-state index in [2.05, 4.69) is 0 Å². The number of imide groups is 1. The molecule has 16 heavy (non-hydrogen) atoms. The second kappa shape index (κ2) is 6.25. The molecule has 5 heteroatoms. The summed E-state index contributed by atoms with van der Waals surface area (Å²) in [5, 5.41) is -0.169. The minimum Gasteiger partial charge on any atom is -0.328 e. The molecule has 2 N–H and O–H groups in total. The Morgan fingerprint density at radius 3 is 2.81 bits per heavy atom. The highest BCUT2D eigenvalue weighted by Crippen LogP contribution is 2.25. The number of hydrogen-bond acceptors (Lipinski definition) is 4. The van der Waals surface area contributed by atoms with Gasteiger partial charge in [0.25, 0.3) is 0 Å². The van der Waals surface area contributed by atoms with Crippen LogP contribution in [0.15, 0.2) is 0 Å². The molecule has 1 heterocycles. The molecule has 1 fully saturated rings. The number of thioether (sulfide) groups is 1. The molecule has 1 aliphatic rings. The van der Waals surface area contributed by atoms with Gasteiger partial charge in [-0.1, -0.05) is 6.92 Å². The van der Waals surface area contributed by atoms with Crippen LogP contribution in [0.3, 0.4) is 0 Å². The summed E-state index contributed by atoms with van der Waals surface area (Å²) in [4.78, 5) is 24.8. The number of nitrogens with zero attached hydrogens (tertiary/aromatic N) is 1. The largest absolute Gasteiger partial charge is 0.328 e. The number of amides is 2. The Morgan fingerprint density at radius 2 is 2.25 bits per heavy atom. The first-order valence-corrected chi connectivity index (χ1v) is 6.82. The molecule has 0 bridgehead atoms. The molecule has 2 atom stereocenters. The van der Waals surface area contributed by atoms with Crippen molar-refractivity contribution in [3.05, 3.63) is 0 Å². The van der Waals surface area contributed by atoms with Crippen molar-refractivity contribution in [2.75, 3.05) is 12.3 Å². The standard InChI is InChI=1S/C11H20N2O2S/c1-3-5-13-10(14)7-9(11(13)15)16-6-4-8(2)12/h8-9H,3-7,12H2,1-2H3. The zero-order valence-corrected chi connectivity index (χ0v) is 10.8. The van der Waals surface area contributed by atoms with Crippen LogP contribution in [0, 0.1) is 0 Å². The van der Waals surface area contributed by atoms with E-state index in [1.165, 1.54) is 4.90 Å². The lowest BCUT2D eigenvalue weighted by molar-refractivity contribution is -0.138. The van der Waals surface area contributed by atoms with Crippen LogP contribution in [0.5, 0.6) is 0 Å². The van der Waals surface area contributed by atoms with Crippen molar-refractivity contribution < 1.29 is 9.59 Å². The van der Waals surface area contributed by atoms with Crippen molar-refractivity contribution in [2.24, 2.45) is 5.73 Å². The van der Waals surface area contributed by atoms with Gasteiger partial charge >= 0.3 is 0 Å². The second-order valence-corrected chi connectivity index (χ2v) is 5.52. The van der Waals surface area contributed by atoms with Crippen molar-refractivity contribution in [3.63, 3.8) is 0 Å². The van der Waals surface area contributed by atoms with E-state index in [0.717, 1.165) is 18.6 Å². The van der Waals surface area contributed by atoms with E-state index in [-0.39, 0.29) is 23.1 Å². The van der Waals surface area contributed by atoms with Gasteiger partial charge in [0.15, 0.2) is 0 Å². The number of carbonyl (C=O) groups is 2. The van der Waals surface area contributed by atoms with E-state index in [4.69, 9.17) is 5.73 Å². The van der Waals surface area contributed by atoms with Gasteiger partial charge in [0.1, 0.15) is 0 Å². The molecule has 1 aliphatic heterocycles. The third kappa shape index (κ3) is 3.49. The van der Waals surface area contributed by atoms with Crippen molar-refractivity contribution in [2.45, 2.75) is 44.4 Å². The van der Waals surface area contributed by atoms with Crippen molar-refractivity contribution in [1.29, 1.82) is 0 Å². The van der Waals surface area contributed by atoms with Crippen molar-refractivity contribution in [3.8, 4) is 0 Å². The van der Waals surface area contributed by atoms with Crippen molar-refractivity contribution in [1.82, 2.24) is 4.90 Å². The number of likely N-dealkylation sites (tertiary alicyclic amines) is 1. The summed E-state index contributed by atoms with van der Waals surface area (Å²) in [5.41, 5.74) is 5.64. The quantitative estimate of drug-likeness (QED) is 0.708. The van der Waals surface area contributed by atoms with Gasteiger partial charge in [0.2, 0.25) is 11.8 Å². The average molecular weight is 244 g/mol. The summed E-state index contributed by atoms with van der Waals surface area (Å²) in [6, 6.07) is 0.159. The van der Waals surface area contributed by atoms with Crippen LogP contribution in [0.2, 0.25) is 0 Å². The minimum atomic E-state index is -0.169. The SMILES string of the molecule is CCCN1C(=O)CC(SCCC(C)N)C1=O. The summed E-state index contributed by atoms with van der Waals surface area (Å²) < 4.78 is 0. The molecule has 0 aromatic rings. The molecule has 92 valence electrons. The van der Waals surface area contributed by atoms with Crippen LogP contribution in [0.25, 0.3) is 0 Å². The van der Waals surface area contributed by atoms with Gasteiger partial charge < -0.3 is 5.73 Å². The van der Waals surface area contributed by atoms with Crippen LogP contribution in [-0.2, 0) is 9.59 Å². The van der Waals surface area contributed by atoms with Crippen LogP contribution < -0.4 is 5.73 Å². The van der Waals surface area contributed by atoms with E-state index in [1.807, 2.05) is 13.8 Å². The maximum atomic E-state index is 11.8. The number of nitrogens with two attached hydrogens (primary N) is 1. The molecule has 1 rings (SSSR count). The van der Waals surface area contributed by atoms with Gasteiger partial charge in [0.05, 0.1) is 5.25 Å². The fraction of sp³-hybridized carbons (Fsp3) is 0.818. The Bertz CT molecular complexity index is 269. The summed E-state index contributed by atoms with van der Waals surface area (Å²) in [6.45, 7) is 4.48. The molecule has 0 saturated carbocycles. The highest BCUT2D eigenvalue weighted by molar-refractivity contribution is 8.00. The average Bonchev–Trinajstić information content (AvgIpc) is 2.46. The minimum absolute atomic E-state index is 0.0125. The Balaban J connectivity index is 2.40. The molecular formula is C11H20N2O2S. The zero-order valence-electron chi connectivity index (χ0n) is 9.94. The molecule has 1 saturated heterocycles. The van der Waals surface area contributed by atoms with E-state index in [1.54, 1.807) is 11.8 Å². The molecule has 2 unspecified atom stereocenters. The maximum absolute atomic E-state index is 11.8. The van der Waals surface area contributed by atoms with Crippen LogP contribution in [-0.4, -0.2) is 40.3 Å². The Kier molecular flexibility index (Phi) is 5.28. The monoisotopic (exact) mass is 244 g/mol. The molecule has 4 nitrogen and oxygen atoms in total. The highest BCUT2D eigenvalue weighted by atomic mass is 32.2. The normalized spacial score (nSPS) is 22.9. The van der Waals surface area contributed by atoms with Crippen LogP contribution in [0.1, 0.15) is 33.1 Å². The van der Waals surface area contributed by atoms with Gasteiger partial charge in [-0.3, -0.25) is 14.5 Å². The molecule has 0 aliphatic carbocycles. The first-order chi connectivity index (χ1) is 7.56. The van der Waals surface area contributed by atoms with E-state index in [0.29, 0.717) is 13.0 Å².